The van der Waals surface area contributed by atoms with Gasteiger partial charge in [0.1, 0.15) is 6.16 Å². The average Bonchev–Trinajstić information content (AvgIpc) is 2.07. The summed E-state index contributed by atoms with van der Waals surface area (Å²) >= 11 is 0. The first kappa shape index (κ1) is 8.42. The smallest absolute Gasteiger partial charge is 0.0775 e. The lowest BCUT2D eigenvalue weighted by molar-refractivity contribution is 0.597. The minimum atomic E-state index is -0.141. The van der Waals surface area contributed by atoms with Crippen molar-refractivity contribution in [3.63, 3.8) is 0 Å². The fourth-order valence-corrected chi connectivity index (χ4v) is 1.33. The second-order valence-electron chi connectivity index (χ2n) is 2.48. The normalized spacial score (nSPS) is 10.2. The highest BCUT2D eigenvalue weighted by molar-refractivity contribution is 7.23. The van der Waals surface area contributed by atoms with E-state index in [0.717, 1.165) is 19.0 Å². The Balaban J connectivity index is 2.33. The number of aryl methyl sites for hydroxylation is 1. The molecule has 0 amide bonds. The van der Waals surface area contributed by atoms with Gasteiger partial charge in [0.05, 0.1) is 0 Å². The molecule has 1 rings (SSSR count). The Morgan fingerprint density at radius 3 is 2.55 bits per heavy atom. The van der Waals surface area contributed by atoms with E-state index in [0.29, 0.717) is 0 Å². The van der Waals surface area contributed by atoms with Crippen molar-refractivity contribution < 1.29 is 4.57 Å². The van der Waals surface area contributed by atoms with Crippen LogP contribution in [0.4, 0.5) is 0 Å². The Morgan fingerprint density at radius 1 is 1.18 bits per heavy atom. The van der Waals surface area contributed by atoms with E-state index in [9.17, 15) is 4.57 Å². The topological polar surface area (TPSA) is 17.1 Å². The van der Waals surface area contributed by atoms with E-state index in [1.54, 1.807) is 0 Å². The maximum absolute atomic E-state index is 10.1. The first-order chi connectivity index (χ1) is 5.43. The Bertz CT molecular complexity index is 208. The Hall–Kier alpha value is -0.680. The van der Waals surface area contributed by atoms with Gasteiger partial charge >= 0.3 is 8.46 Å². The summed E-state index contributed by atoms with van der Waals surface area (Å²) < 4.78 is 10.1. The quantitative estimate of drug-likeness (QED) is 0.497. The number of rotatable bonds is 4. The molecule has 0 aliphatic heterocycles. The third-order valence-corrected chi connectivity index (χ3v) is 2.14. The Morgan fingerprint density at radius 2 is 1.91 bits per heavy atom. The van der Waals surface area contributed by atoms with Crippen molar-refractivity contribution >= 4 is 8.46 Å². The number of benzene rings is 1. The molecule has 0 aliphatic carbocycles. The molecule has 0 heterocycles. The molecule has 58 valence electrons. The third-order valence-electron chi connectivity index (χ3n) is 1.59. The molecule has 1 atom stereocenters. The van der Waals surface area contributed by atoms with E-state index in [4.69, 9.17) is 0 Å². The molecule has 0 aromatic heterocycles. The molecule has 0 spiro atoms. The maximum atomic E-state index is 10.1. The lowest BCUT2D eigenvalue weighted by Crippen LogP contribution is -1.84. The Kier molecular flexibility index (Phi) is 3.85. The zero-order valence-corrected chi connectivity index (χ0v) is 7.42. The van der Waals surface area contributed by atoms with Crippen LogP contribution in [0.3, 0.4) is 0 Å². The van der Waals surface area contributed by atoms with E-state index in [2.05, 4.69) is 12.1 Å². The van der Waals surface area contributed by atoms with Gasteiger partial charge in [0.25, 0.3) is 0 Å². The van der Waals surface area contributed by atoms with E-state index in [1.165, 1.54) is 5.56 Å². The maximum Gasteiger partial charge on any atom is 0.324 e. The summed E-state index contributed by atoms with van der Waals surface area (Å²) in [4.78, 5) is 0. The minimum Gasteiger partial charge on any atom is -0.0775 e. The second-order valence-corrected chi connectivity index (χ2v) is 3.27. The summed E-state index contributed by atoms with van der Waals surface area (Å²) in [6.07, 6.45) is 2.91. The van der Waals surface area contributed by atoms with Gasteiger partial charge < -0.3 is 0 Å². The average molecular weight is 167 g/mol. The van der Waals surface area contributed by atoms with E-state index in [1.807, 2.05) is 18.2 Å². The highest BCUT2D eigenvalue weighted by atomic mass is 31.1. The van der Waals surface area contributed by atoms with Crippen LogP contribution in [-0.2, 0) is 11.0 Å². The number of hydrogen-bond donors (Lipinski definition) is 0. The first-order valence-corrected chi connectivity index (χ1v) is 4.94. The van der Waals surface area contributed by atoms with Gasteiger partial charge in [-0.2, -0.15) is 0 Å². The fraction of sp³-hybridized carbons (Fsp3) is 0.333. The summed E-state index contributed by atoms with van der Waals surface area (Å²) in [5.74, 6) is 0. The Labute approximate surface area is 68.6 Å². The monoisotopic (exact) mass is 167 g/mol. The van der Waals surface area contributed by atoms with E-state index < -0.39 is 0 Å². The first-order valence-electron chi connectivity index (χ1n) is 3.82. The third kappa shape index (κ3) is 3.29. The van der Waals surface area contributed by atoms with Crippen LogP contribution in [0, 0.1) is 0 Å². The van der Waals surface area contributed by atoms with Crippen molar-refractivity contribution in [3.8, 4) is 0 Å². The molecule has 1 unspecified atom stereocenters. The number of hydrogen-bond acceptors (Lipinski definition) is 1. The van der Waals surface area contributed by atoms with Gasteiger partial charge in [0, 0.05) is 0 Å². The predicted molar refractivity (Wildman–Crippen MR) is 48.6 cm³/mol. The van der Waals surface area contributed by atoms with Gasteiger partial charge in [0.2, 0.25) is 0 Å². The van der Waals surface area contributed by atoms with Gasteiger partial charge in [0.15, 0.2) is 0 Å². The van der Waals surface area contributed by atoms with Crippen LogP contribution in [0.15, 0.2) is 30.3 Å². The molecule has 0 saturated carbocycles. The molecule has 1 aromatic carbocycles. The van der Waals surface area contributed by atoms with Crippen LogP contribution in [0.1, 0.15) is 12.0 Å². The minimum absolute atomic E-state index is 0.141. The molecule has 0 N–H and O–H groups in total. The summed E-state index contributed by atoms with van der Waals surface area (Å²) in [5, 5.41) is 0. The molecule has 0 aliphatic rings. The van der Waals surface area contributed by atoms with Crippen molar-refractivity contribution in [2.45, 2.75) is 12.8 Å². The summed E-state index contributed by atoms with van der Waals surface area (Å²) in [7, 11) is -0.141. The van der Waals surface area contributed by atoms with Gasteiger partial charge in [-0.15, -0.1) is 0 Å². The van der Waals surface area contributed by atoms with Gasteiger partial charge in [-0.05, 0) is 18.4 Å². The molecule has 0 bridgehead atoms. The zero-order chi connectivity index (χ0) is 7.94. The zero-order valence-electron chi connectivity index (χ0n) is 6.42. The van der Waals surface area contributed by atoms with Crippen molar-refractivity contribution in [3.05, 3.63) is 35.9 Å². The van der Waals surface area contributed by atoms with Gasteiger partial charge in [-0.25, -0.2) is 0 Å². The summed E-state index contributed by atoms with van der Waals surface area (Å²) in [5.41, 5.74) is 1.34. The van der Waals surface area contributed by atoms with Crippen molar-refractivity contribution in [2.24, 2.45) is 0 Å². The van der Waals surface area contributed by atoms with Crippen molar-refractivity contribution in [1.82, 2.24) is 0 Å². The summed E-state index contributed by atoms with van der Waals surface area (Å²) in [6.45, 7) is 0. The van der Waals surface area contributed by atoms with Crippen LogP contribution in [0.2, 0.25) is 0 Å². The standard InChI is InChI=1S/C9H11OP/c10-11-8-4-7-9-5-2-1-3-6-9/h1-3,5-6H,4,7-8H2/p+1. The highest BCUT2D eigenvalue weighted by Crippen LogP contribution is 2.04. The lowest BCUT2D eigenvalue weighted by atomic mass is 10.1. The SMILES string of the molecule is O=[PH+]CCCc1ccccc1. The van der Waals surface area contributed by atoms with Gasteiger partial charge in [-0.3, -0.25) is 0 Å². The molecule has 0 radical (unpaired) electrons. The second kappa shape index (κ2) is 5.03. The molecule has 2 heteroatoms. The molecule has 0 fully saturated rings. The highest BCUT2D eigenvalue weighted by Gasteiger charge is 1.93. The van der Waals surface area contributed by atoms with E-state index in [-0.39, 0.29) is 8.46 Å². The van der Waals surface area contributed by atoms with Crippen molar-refractivity contribution in [1.29, 1.82) is 0 Å². The van der Waals surface area contributed by atoms with Crippen molar-refractivity contribution in [2.75, 3.05) is 6.16 Å². The predicted octanol–water partition coefficient (Wildman–Crippen LogP) is 2.64. The van der Waals surface area contributed by atoms with Crippen LogP contribution >= 0.6 is 8.46 Å². The molecule has 1 nitrogen and oxygen atoms in total. The van der Waals surface area contributed by atoms with E-state index >= 15 is 0 Å². The van der Waals surface area contributed by atoms with Gasteiger partial charge in [-0.1, -0.05) is 34.9 Å². The molecular weight excluding hydrogens is 155 g/mol. The fourth-order valence-electron chi connectivity index (χ4n) is 1.01. The largest absolute Gasteiger partial charge is 0.324 e. The molecule has 0 saturated heterocycles. The van der Waals surface area contributed by atoms with Crippen LogP contribution in [-0.4, -0.2) is 6.16 Å². The van der Waals surface area contributed by atoms with Crippen LogP contribution < -0.4 is 0 Å². The van der Waals surface area contributed by atoms with Crippen LogP contribution in [0.25, 0.3) is 0 Å². The lowest BCUT2D eigenvalue weighted by Gasteiger charge is -1.94. The van der Waals surface area contributed by atoms with Crippen LogP contribution in [0.5, 0.6) is 0 Å². The molecule has 1 aromatic rings. The molecular formula is C9H12OP+. The summed E-state index contributed by atoms with van der Waals surface area (Å²) in [6, 6.07) is 10.3. The molecule has 11 heavy (non-hydrogen) atoms.